The second kappa shape index (κ2) is 15.5. The first-order valence-corrected chi connectivity index (χ1v) is 13.3. The van der Waals surface area contributed by atoms with E-state index >= 15 is 0 Å². The number of benzene rings is 2. The molecule has 0 aliphatic carbocycles. The quantitative estimate of drug-likeness (QED) is 0.171. The molecule has 0 aliphatic heterocycles. The van der Waals surface area contributed by atoms with Gasteiger partial charge in [0.25, 0.3) is 0 Å². The summed E-state index contributed by atoms with van der Waals surface area (Å²) in [6.07, 6.45) is -0.0540. The largest absolute Gasteiger partial charge is 0.493 e. The Kier molecular flexibility index (Phi) is 12.5. The molecule has 0 spiro atoms. The Labute approximate surface area is 231 Å². The van der Waals surface area contributed by atoms with Crippen molar-refractivity contribution >= 4 is 17.9 Å². The lowest BCUT2D eigenvalue weighted by atomic mass is 9.85. The lowest BCUT2D eigenvalue weighted by molar-refractivity contribution is -0.166. The van der Waals surface area contributed by atoms with Crippen molar-refractivity contribution in [3.8, 4) is 22.9 Å². The van der Waals surface area contributed by atoms with Crippen molar-refractivity contribution in [2.75, 3.05) is 13.2 Å². The van der Waals surface area contributed by atoms with Gasteiger partial charge >= 0.3 is 17.9 Å². The average Bonchev–Trinajstić information content (AvgIpc) is 2.90. The summed E-state index contributed by atoms with van der Waals surface area (Å²) in [7, 11) is 0. The number of nitrogens with zero attached hydrogens (tertiary/aromatic N) is 1. The number of nitriles is 1. The van der Waals surface area contributed by atoms with Crippen LogP contribution in [-0.2, 0) is 28.6 Å². The number of rotatable bonds is 14. The molecule has 2 aromatic carbocycles. The summed E-state index contributed by atoms with van der Waals surface area (Å²) in [5.41, 5.74) is 2.63. The normalized spacial score (nSPS) is 13.2. The van der Waals surface area contributed by atoms with Crippen LogP contribution in [0.4, 0.5) is 0 Å². The van der Waals surface area contributed by atoms with Crippen molar-refractivity contribution in [3.05, 3.63) is 54.1 Å². The lowest BCUT2D eigenvalue weighted by Crippen LogP contribution is -2.35. The standard InChI is InChI=1S/C31H39NO7/c1-20(2)38-30(34)23(6)28(31(35)39-21(3)4)18-22(5)29(33)37-17-7-16-36-27-14-12-26(13-15-27)25-10-8-24(19-32)9-11-25/h8-15,20-23,28H,7,16-18H2,1-6H3. The zero-order valence-corrected chi connectivity index (χ0v) is 23.6. The Morgan fingerprint density at radius 3 is 1.82 bits per heavy atom. The van der Waals surface area contributed by atoms with Crippen LogP contribution in [0.5, 0.6) is 5.75 Å². The summed E-state index contributed by atoms with van der Waals surface area (Å²) < 4.78 is 21.8. The lowest BCUT2D eigenvalue weighted by Gasteiger charge is -2.25. The minimum Gasteiger partial charge on any atom is -0.493 e. The van der Waals surface area contributed by atoms with E-state index in [9.17, 15) is 14.4 Å². The minimum absolute atomic E-state index is 0.112. The van der Waals surface area contributed by atoms with Gasteiger partial charge in [0.2, 0.25) is 0 Å². The number of carbonyl (C=O) groups is 3. The SMILES string of the molecule is CC(C)OC(=O)C(C)C(CC(C)C(=O)OCCCOc1ccc(-c2ccc(C#N)cc2)cc1)C(=O)OC(C)C. The molecule has 8 nitrogen and oxygen atoms in total. The van der Waals surface area contributed by atoms with Gasteiger partial charge in [0.05, 0.1) is 54.8 Å². The van der Waals surface area contributed by atoms with Crippen molar-refractivity contribution in [3.63, 3.8) is 0 Å². The van der Waals surface area contributed by atoms with Gasteiger partial charge in [-0.15, -0.1) is 0 Å². The third-order valence-electron chi connectivity index (χ3n) is 6.00. The van der Waals surface area contributed by atoms with Gasteiger partial charge in [0.15, 0.2) is 0 Å². The van der Waals surface area contributed by atoms with Crippen molar-refractivity contribution in [2.45, 2.75) is 66.6 Å². The smallest absolute Gasteiger partial charge is 0.310 e. The molecule has 0 heterocycles. The van der Waals surface area contributed by atoms with E-state index in [2.05, 4.69) is 6.07 Å². The van der Waals surface area contributed by atoms with Gasteiger partial charge in [0, 0.05) is 6.42 Å². The number of ether oxygens (including phenoxy) is 4. The highest BCUT2D eigenvalue weighted by atomic mass is 16.6. The van der Waals surface area contributed by atoms with Crippen molar-refractivity contribution in [1.29, 1.82) is 5.26 Å². The monoisotopic (exact) mass is 537 g/mol. The van der Waals surface area contributed by atoms with Gasteiger partial charge < -0.3 is 18.9 Å². The van der Waals surface area contributed by atoms with Crippen molar-refractivity contribution in [1.82, 2.24) is 0 Å². The van der Waals surface area contributed by atoms with Gasteiger partial charge in [-0.05, 0) is 69.5 Å². The third-order valence-corrected chi connectivity index (χ3v) is 6.00. The molecule has 8 heteroatoms. The van der Waals surface area contributed by atoms with E-state index in [-0.39, 0.29) is 25.2 Å². The zero-order valence-electron chi connectivity index (χ0n) is 23.6. The van der Waals surface area contributed by atoms with Crippen LogP contribution in [0.3, 0.4) is 0 Å². The molecule has 0 saturated heterocycles. The fourth-order valence-electron chi connectivity index (χ4n) is 3.85. The molecular formula is C31H39NO7. The Bertz CT molecular complexity index is 1120. The highest BCUT2D eigenvalue weighted by Crippen LogP contribution is 2.26. The first-order chi connectivity index (χ1) is 18.5. The molecule has 0 aliphatic rings. The maximum Gasteiger partial charge on any atom is 0.310 e. The summed E-state index contributed by atoms with van der Waals surface area (Å²) in [6.45, 7) is 10.8. The number of esters is 3. The predicted octanol–water partition coefficient (Wildman–Crippen LogP) is 5.72. The Morgan fingerprint density at radius 2 is 1.28 bits per heavy atom. The molecular weight excluding hydrogens is 498 g/mol. The highest BCUT2D eigenvalue weighted by Gasteiger charge is 2.36. The molecule has 39 heavy (non-hydrogen) atoms. The van der Waals surface area contributed by atoms with E-state index in [0.717, 1.165) is 11.1 Å². The second-order valence-electron chi connectivity index (χ2n) is 10.1. The summed E-state index contributed by atoms with van der Waals surface area (Å²) in [6, 6.07) is 17.1. The predicted molar refractivity (Wildman–Crippen MR) is 147 cm³/mol. The van der Waals surface area contributed by atoms with E-state index in [0.29, 0.717) is 24.3 Å². The summed E-state index contributed by atoms with van der Waals surface area (Å²) >= 11 is 0. The third kappa shape index (κ3) is 10.4. The van der Waals surface area contributed by atoms with E-state index in [1.54, 1.807) is 53.7 Å². The molecule has 3 unspecified atom stereocenters. The van der Waals surface area contributed by atoms with Gasteiger partial charge in [-0.1, -0.05) is 38.1 Å². The van der Waals surface area contributed by atoms with Gasteiger partial charge in [-0.25, -0.2) is 0 Å². The summed E-state index contributed by atoms with van der Waals surface area (Å²) in [5.74, 6) is -2.98. The molecule has 3 atom stereocenters. The van der Waals surface area contributed by atoms with Crippen LogP contribution in [-0.4, -0.2) is 43.3 Å². The zero-order chi connectivity index (χ0) is 28.9. The first-order valence-electron chi connectivity index (χ1n) is 13.3. The molecule has 0 fully saturated rings. The van der Waals surface area contributed by atoms with Crippen LogP contribution in [0.25, 0.3) is 11.1 Å². The number of hydrogen-bond acceptors (Lipinski definition) is 8. The second-order valence-corrected chi connectivity index (χ2v) is 10.1. The van der Waals surface area contributed by atoms with Crippen LogP contribution in [0, 0.1) is 29.1 Å². The molecule has 2 aromatic rings. The minimum atomic E-state index is -0.822. The fraction of sp³-hybridized carbons (Fsp3) is 0.484. The molecule has 210 valence electrons. The van der Waals surface area contributed by atoms with Crippen molar-refractivity contribution in [2.24, 2.45) is 17.8 Å². The average molecular weight is 538 g/mol. The van der Waals surface area contributed by atoms with Crippen LogP contribution in [0.2, 0.25) is 0 Å². The molecule has 0 N–H and O–H groups in total. The van der Waals surface area contributed by atoms with Gasteiger partial charge in [-0.3, -0.25) is 14.4 Å². The molecule has 0 radical (unpaired) electrons. The van der Waals surface area contributed by atoms with E-state index < -0.39 is 35.7 Å². The van der Waals surface area contributed by atoms with E-state index in [4.69, 9.17) is 24.2 Å². The first kappa shape index (κ1) is 31.4. The molecule has 0 saturated carbocycles. The molecule has 0 aromatic heterocycles. The van der Waals surface area contributed by atoms with Crippen molar-refractivity contribution < 1.29 is 33.3 Å². The highest BCUT2D eigenvalue weighted by molar-refractivity contribution is 5.83. The van der Waals surface area contributed by atoms with Crippen LogP contribution < -0.4 is 4.74 Å². The van der Waals surface area contributed by atoms with Gasteiger partial charge in [-0.2, -0.15) is 5.26 Å². The fourth-order valence-corrected chi connectivity index (χ4v) is 3.85. The topological polar surface area (TPSA) is 112 Å². The summed E-state index contributed by atoms with van der Waals surface area (Å²) in [5, 5.41) is 8.93. The number of hydrogen-bond donors (Lipinski definition) is 0. The summed E-state index contributed by atoms with van der Waals surface area (Å²) in [4.78, 5) is 37.7. The maximum absolute atomic E-state index is 12.7. The van der Waals surface area contributed by atoms with Crippen LogP contribution in [0.15, 0.2) is 48.5 Å². The van der Waals surface area contributed by atoms with E-state index in [1.807, 2.05) is 36.4 Å². The Hall–Kier alpha value is -3.86. The van der Waals surface area contributed by atoms with Crippen LogP contribution in [0.1, 0.15) is 59.9 Å². The molecule has 0 amide bonds. The molecule has 0 bridgehead atoms. The van der Waals surface area contributed by atoms with E-state index in [1.165, 1.54) is 0 Å². The van der Waals surface area contributed by atoms with Gasteiger partial charge in [0.1, 0.15) is 5.75 Å². The van der Waals surface area contributed by atoms with Crippen LogP contribution >= 0.6 is 0 Å². The Balaban J connectivity index is 1.81. The Morgan fingerprint density at radius 1 is 0.744 bits per heavy atom. The maximum atomic E-state index is 12.7. The number of carbonyl (C=O) groups excluding carboxylic acids is 3. The molecule has 2 rings (SSSR count).